The molecule has 0 radical (unpaired) electrons. The van der Waals surface area contributed by atoms with Crippen LogP contribution in [0, 0.1) is 34.0 Å². The van der Waals surface area contributed by atoms with E-state index in [0.717, 1.165) is 32.1 Å². The van der Waals surface area contributed by atoms with Gasteiger partial charge in [0.2, 0.25) is 0 Å². The van der Waals surface area contributed by atoms with Gasteiger partial charge in [-0.3, -0.25) is 14.4 Å². The molecule has 1 aliphatic heterocycles. The Labute approximate surface area is 159 Å². The predicted octanol–water partition coefficient (Wildman–Crippen LogP) is 3.21. The van der Waals surface area contributed by atoms with E-state index in [4.69, 9.17) is 9.47 Å². The van der Waals surface area contributed by atoms with Crippen molar-refractivity contribution < 1.29 is 23.9 Å². The SMILES string of the molecule is C=C1C(=O)[C@]23CC[C@H]1CC2[C@@]12CCC[C@@](C)(COC1=O)C2C[C@H]3OC(C)=O. The first-order chi connectivity index (χ1) is 12.8. The van der Waals surface area contributed by atoms with Gasteiger partial charge in [0.25, 0.3) is 0 Å². The molecule has 0 aromatic heterocycles. The third kappa shape index (κ3) is 1.88. The minimum atomic E-state index is -0.789. The molecule has 4 bridgehead atoms. The van der Waals surface area contributed by atoms with E-state index in [2.05, 4.69) is 13.5 Å². The summed E-state index contributed by atoms with van der Waals surface area (Å²) in [6.45, 7) is 8.15. The van der Waals surface area contributed by atoms with Crippen molar-refractivity contribution >= 4 is 17.7 Å². The summed E-state index contributed by atoms with van der Waals surface area (Å²) < 4.78 is 11.6. The van der Waals surface area contributed by atoms with Gasteiger partial charge in [-0.25, -0.2) is 0 Å². The second-order valence-electron chi connectivity index (χ2n) is 9.93. The maximum absolute atomic E-state index is 13.5. The Morgan fingerprint density at radius 3 is 2.67 bits per heavy atom. The van der Waals surface area contributed by atoms with Crippen LogP contribution in [0.15, 0.2) is 12.2 Å². The number of Topliss-reactive ketones (excluding diaryl/α,β-unsaturated/α-hetero) is 1. The number of hydrogen-bond acceptors (Lipinski definition) is 5. The minimum Gasteiger partial charge on any atom is -0.465 e. The molecule has 6 fully saturated rings. The quantitative estimate of drug-likeness (QED) is 0.522. The summed E-state index contributed by atoms with van der Waals surface area (Å²) in [4.78, 5) is 38.7. The smallest absolute Gasteiger partial charge is 0.312 e. The Morgan fingerprint density at radius 2 is 1.93 bits per heavy atom. The van der Waals surface area contributed by atoms with Crippen LogP contribution in [0.2, 0.25) is 0 Å². The maximum atomic E-state index is 13.5. The molecular formula is C22H28O5. The van der Waals surface area contributed by atoms with Gasteiger partial charge in [0, 0.05) is 12.3 Å². The van der Waals surface area contributed by atoms with Crippen LogP contribution in [0.25, 0.3) is 0 Å². The number of ketones is 1. The molecule has 6 aliphatic rings. The standard InChI is InChI=1S/C22H28O5/c1-12-14-5-8-22(18(12)24)16(9-14)21-7-4-6-20(3,11-26-19(21)25)15(21)10-17(22)27-13(2)23/h14-17H,1,4-11H2,2-3H3/t14-,15?,16?,17+,20-,21-,22+/m0/s1. The maximum Gasteiger partial charge on any atom is 0.312 e. The lowest BCUT2D eigenvalue weighted by molar-refractivity contribution is -0.257. The lowest BCUT2D eigenvalue weighted by Crippen LogP contribution is -2.73. The van der Waals surface area contributed by atoms with Gasteiger partial charge in [-0.2, -0.15) is 0 Å². The van der Waals surface area contributed by atoms with E-state index >= 15 is 0 Å². The highest BCUT2D eigenvalue weighted by molar-refractivity contribution is 6.03. The summed E-state index contributed by atoms with van der Waals surface area (Å²) in [6, 6.07) is 0. The van der Waals surface area contributed by atoms with Crippen LogP contribution in [-0.4, -0.2) is 30.4 Å². The van der Waals surface area contributed by atoms with Crippen LogP contribution in [0.3, 0.4) is 0 Å². The van der Waals surface area contributed by atoms with Crippen molar-refractivity contribution in [3.63, 3.8) is 0 Å². The number of rotatable bonds is 1. The van der Waals surface area contributed by atoms with Crippen molar-refractivity contribution in [3.05, 3.63) is 12.2 Å². The van der Waals surface area contributed by atoms with Gasteiger partial charge in [0.05, 0.1) is 17.4 Å². The van der Waals surface area contributed by atoms with Crippen LogP contribution in [0.1, 0.15) is 58.8 Å². The summed E-state index contributed by atoms with van der Waals surface area (Å²) in [5.74, 6) is -0.249. The molecule has 1 saturated heterocycles. The fourth-order valence-corrected chi connectivity index (χ4v) is 7.84. The average molecular weight is 372 g/mol. The summed E-state index contributed by atoms with van der Waals surface area (Å²) in [5, 5.41) is 0. The number of allylic oxidation sites excluding steroid dienone is 1. The second kappa shape index (κ2) is 5.24. The van der Waals surface area contributed by atoms with E-state index in [1.165, 1.54) is 6.92 Å². The molecular weight excluding hydrogens is 344 g/mol. The highest BCUT2D eigenvalue weighted by Crippen LogP contribution is 2.73. The van der Waals surface area contributed by atoms with Gasteiger partial charge in [-0.15, -0.1) is 0 Å². The zero-order valence-corrected chi connectivity index (χ0v) is 16.2. The van der Waals surface area contributed by atoms with E-state index in [1.54, 1.807) is 0 Å². The molecule has 5 saturated carbocycles. The predicted molar refractivity (Wildman–Crippen MR) is 96.4 cm³/mol. The molecule has 0 aromatic rings. The molecule has 2 unspecified atom stereocenters. The Morgan fingerprint density at radius 1 is 1.15 bits per heavy atom. The Kier molecular flexibility index (Phi) is 3.38. The number of carbonyl (C=O) groups is 3. The number of hydrogen-bond donors (Lipinski definition) is 0. The molecule has 5 heteroatoms. The van der Waals surface area contributed by atoms with Crippen LogP contribution < -0.4 is 0 Å². The third-order valence-corrected chi connectivity index (χ3v) is 8.92. The van der Waals surface area contributed by atoms with E-state index < -0.39 is 16.9 Å². The van der Waals surface area contributed by atoms with Crippen molar-refractivity contribution in [2.45, 2.75) is 64.9 Å². The topological polar surface area (TPSA) is 69.7 Å². The first-order valence-electron chi connectivity index (χ1n) is 10.3. The molecule has 27 heavy (non-hydrogen) atoms. The number of cyclic esters (lactones) is 1. The normalized spacial score (nSPS) is 50.5. The van der Waals surface area contributed by atoms with E-state index in [-0.39, 0.29) is 40.9 Å². The zero-order valence-electron chi connectivity index (χ0n) is 16.2. The van der Waals surface area contributed by atoms with Crippen LogP contribution in [-0.2, 0) is 23.9 Å². The molecule has 146 valence electrons. The first kappa shape index (κ1) is 17.4. The molecule has 7 atom stereocenters. The minimum absolute atomic E-state index is 0.0414. The fraction of sp³-hybridized carbons (Fsp3) is 0.773. The third-order valence-electron chi connectivity index (χ3n) is 8.92. The van der Waals surface area contributed by atoms with Gasteiger partial charge in [0.15, 0.2) is 5.78 Å². The molecule has 5 aliphatic carbocycles. The lowest BCUT2D eigenvalue weighted by atomic mass is 9.35. The monoisotopic (exact) mass is 372 g/mol. The molecule has 0 aromatic carbocycles. The number of ether oxygens (including phenoxy) is 2. The van der Waals surface area contributed by atoms with Crippen molar-refractivity contribution in [3.8, 4) is 0 Å². The van der Waals surface area contributed by atoms with Crippen LogP contribution >= 0.6 is 0 Å². The summed E-state index contributed by atoms with van der Waals surface area (Å²) >= 11 is 0. The molecule has 0 amide bonds. The van der Waals surface area contributed by atoms with Crippen molar-refractivity contribution in [2.24, 2.45) is 34.0 Å². The average Bonchev–Trinajstić information content (AvgIpc) is 2.63. The Bertz CT molecular complexity index is 771. The van der Waals surface area contributed by atoms with Gasteiger partial charge < -0.3 is 9.47 Å². The highest BCUT2D eigenvalue weighted by atomic mass is 16.5. The molecule has 1 spiro atoms. The number of carbonyl (C=O) groups excluding carboxylic acids is 3. The van der Waals surface area contributed by atoms with Gasteiger partial charge in [-0.1, -0.05) is 19.9 Å². The lowest BCUT2D eigenvalue weighted by Gasteiger charge is -2.69. The van der Waals surface area contributed by atoms with Crippen molar-refractivity contribution in [2.75, 3.05) is 6.61 Å². The summed E-state index contributed by atoms with van der Waals surface area (Å²) in [6.07, 6.45) is 5.32. The van der Waals surface area contributed by atoms with Gasteiger partial charge in [0.1, 0.15) is 6.10 Å². The van der Waals surface area contributed by atoms with Gasteiger partial charge >= 0.3 is 11.9 Å². The summed E-state index contributed by atoms with van der Waals surface area (Å²) in [5.41, 5.74) is -0.810. The van der Waals surface area contributed by atoms with E-state index in [9.17, 15) is 14.4 Å². The molecule has 5 nitrogen and oxygen atoms in total. The second-order valence-corrected chi connectivity index (χ2v) is 9.93. The number of fused-ring (bicyclic) bond motifs is 2. The fourth-order valence-electron chi connectivity index (χ4n) is 7.84. The molecule has 1 heterocycles. The van der Waals surface area contributed by atoms with Crippen LogP contribution in [0.5, 0.6) is 0 Å². The van der Waals surface area contributed by atoms with E-state index in [1.807, 2.05) is 0 Å². The first-order valence-corrected chi connectivity index (χ1v) is 10.3. The van der Waals surface area contributed by atoms with Gasteiger partial charge in [-0.05, 0) is 61.9 Å². The highest BCUT2D eigenvalue weighted by Gasteiger charge is 2.76. The van der Waals surface area contributed by atoms with E-state index in [0.29, 0.717) is 25.0 Å². The largest absolute Gasteiger partial charge is 0.465 e. The Hall–Kier alpha value is -1.65. The number of esters is 2. The molecule has 6 rings (SSSR count). The molecule has 0 N–H and O–H groups in total. The summed E-state index contributed by atoms with van der Waals surface area (Å²) in [7, 11) is 0. The Balaban J connectivity index is 1.71. The zero-order chi connectivity index (χ0) is 19.2. The van der Waals surface area contributed by atoms with Crippen molar-refractivity contribution in [1.29, 1.82) is 0 Å². The van der Waals surface area contributed by atoms with Crippen LogP contribution in [0.4, 0.5) is 0 Å². The van der Waals surface area contributed by atoms with Crippen molar-refractivity contribution in [1.82, 2.24) is 0 Å².